The van der Waals surface area contributed by atoms with Crippen LogP contribution in [0.1, 0.15) is 37.9 Å². The van der Waals surface area contributed by atoms with E-state index in [-0.39, 0.29) is 18.6 Å². The first-order chi connectivity index (χ1) is 12.8. The Labute approximate surface area is 157 Å². The van der Waals surface area contributed by atoms with Gasteiger partial charge in [0.25, 0.3) is 0 Å². The van der Waals surface area contributed by atoms with Crippen molar-refractivity contribution >= 4 is 18.1 Å². The number of fused-ring (bicyclic) bond motifs is 2. The van der Waals surface area contributed by atoms with Crippen LogP contribution in [0.25, 0.3) is 6.08 Å². The number of ether oxygens (including phenoxy) is 3. The highest BCUT2D eigenvalue weighted by molar-refractivity contribution is 5.89. The second kappa shape index (κ2) is 7.11. The van der Waals surface area contributed by atoms with Gasteiger partial charge in [-0.2, -0.15) is 0 Å². The zero-order valence-electron chi connectivity index (χ0n) is 16.1. The second-order valence-electron chi connectivity index (χ2n) is 6.74. The number of hydrogen-bond donors (Lipinski definition) is 1. The summed E-state index contributed by atoms with van der Waals surface area (Å²) in [4.78, 5) is 27.6. The Kier molecular flexibility index (Phi) is 5.01. The van der Waals surface area contributed by atoms with Crippen molar-refractivity contribution in [1.29, 1.82) is 0 Å². The number of aliphatic hydroxyl groups is 1. The molecule has 2 atom stereocenters. The topological polar surface area (TPSA) is 88.5 Å². The summed E-state index contributed by atoms with van der Waals surface area (Å²) in [5.74, 6) is 0.902. The smallest absolute Gasteiger partial charge is 0.412 e. The summed E-state index contributed by atoms with van der Waals surface area (Å²) in [5.41, 5.74) is 1.80. The molecule has 2 unspecified atom stereocenters. The van der Waals surface area contributed by atoms with Crippen molar-refractivity contribution in [3.63, 3.8) is 0 Å². The lowest BCUT2D eigenvalue weighted by Gasteiger charge is -2.45. The van der Waals surface area contributed by atoms with Crippen LogP contribution in [0.3, 0.4) is 0 Å². The number of amides is 2. The van der Waals surface area contributed by atoms with Crippen LogP contribution in [-0.4, -0.2) is 60.0 Å². The van der Waals surface area contributed by atoms with Gasteiger partial charge in [-0.25, -0.2) is 4.79 Å². The molecule has 0 aromatic heterocycles. The Hall–Kier alpha value is -2.74. The molecule has 2 aliphatic heterocycles. The van der Waals surface area contributed by atoms with Crippen LogP contribution in [-0.2, 0) is 9.53 Å². The predicted molar refractivity (Wildman–Crippen MR) is 97.1 cm³/mol. The fourth-order valence-corrected chi connectivity index (χ4v) is 3.56. The van der Waals surface area contributed by atoms with E-state index in [0.29, 0.717) is 22.8 Å². The molecular weight excluding hydrogens is 352 g/mol. The van der Waals surface area contributed by atoms with Crippen LogP contribution in [0.4, 0.5) is 4.79 Å². The van der Waals surface area contributed by atoms with Gasteiger partial charge >= 0.3 is 6.09 Å². The summed E-state index contributed by atoms with van der Waals surface area (Å²) in [6.07, 6.45) is -0.737. The molecule has 0 radical (unpaired) electrons. The van der Waals surface area contributed by atoms with E-state index in [4.69, 9.17) is 14.2 Å². The lowest BCUT2D eigenvalue weighted by molar-refractivity contribution is -0.142. The molecule has 1 N–H and O–H groups in total. The zero-order valence-corrected chi connectivity index (χ0v) is 16.1. The quantitative estimate of drug-likeness (QED) is 0.869. The van der Waals surface area contributed by atoms with Gasteiger partial charge in [-0.15, -0.1) is 0 Å². The molecule has 2 heterocycles. The lowest BCUT2D eigenvalue weighted by atomic mass is 9.91. The summed E-state index contributed by atoms with van der Waals surface area (Å²) in [5, 5.41) is 10.8. The first-order valence-electron chi connectivity index (χ1n) is 8.74. The molecule has 0 saturated carbocycles. The monoisotopic (exact) mass is 376 g/mol. The number of nitrogens with zero attached hydrogens (tertiary/aromatic N) is 2. The van der Waals surface area contributed by atoms with Crippen LogP contribution in [0, 0.1) is 0 Å². The number of carbonyl (C=O) groups is 2. The van der Waals surface area contributed by atoms with E-state index in [1.807, 2.05) is 6.92 Å². The molecule has 0 aliphatic carbocycles. The van der Waals surface area contributed by atoms with Crippen molar-refractivity contribution in [2.24, 2.45) is 0 Å². The van der Waals surface area contributed by atoms with Crippen molar-refractivity contribution in [3.8, 4) is 11.5 Å². The van der Waals surface area contributed by atoms with Gasteiger partial charge in [0.2, 0.25) is 5.91 Å². The van der Waals surface area contributed by atoms with Gasteiger partial charge in [-0.05, 0) is 39.0 Å². The standard InChI is InChI=1S/C19H24N2O6/c1-10(2)27-19(24)20-9-16(22)21-11(3)17-12(8-13(21)18(20)23)14(25-4)6-7-15(17)26-5/h6-8,10-11,18,23H,9H2,1-5H3. The lowest BCUT2D eigenvalue weighted by Crippen LogP contribution is -2.57. The second-order valence-corrected chi connectivity index (χ2v) is 6.74. The first-order valence-corrected chi connectivity index (χ1v) is 8.74. The summed E-state index contributed by atoms with van der Waals surface area (Å²) >= 11 is 0. The Balaban J connectivity index is 2.10. The maximum atomic E-state index is 12.8. The van der Waals surface area contributed by atoms with Crippen molar-refractivity contribution < 1.29 is 28.9 Å². The molecule has 0 bridgehead atoms. The number of aliphatic hydroxyl groups excluding tert-OH is 1. The molecule has 0 spiro atoms. The number of piperazine rings is 1. The van der Waals surface area contributed by atoms with Crippen molar-refractivity contribution in [3.05, 3.63) is 29.0 Å². The fraction of sp³-hybridized carbons (Fsp3) is 0.474. The van der Waals surface area contributed by atoms with Gasteiger partial charge in [-0.1, -0.05) is 0 Å². The highest BCUT2D eigenvalue weighted by Gasteiger charge is 2.44. The molecule has 1 fully saturated rings. The number of methoxy groups -OCH3 is 2. The van der Waals surface area contributed by atoms with Crippen LogP contribution in [0.5, 0.6) is 11.5 Å². The largest absolute Gasteiger partial charge is 0.496 e. The van der Waals surface area contributed by atoms with E-state index >= 15 is 0 Å². The van der Waals surface area contributed by atoms with E-state index in [1.54, 1.807) is 46.3 Å². The van der Waals surface area contributed by atoms with Crippen molar-refractivity contribution in [2.45, 2.75) is 39.1 Å². The minimum Gasteiger partial charge on any atom is -0.496 e. The Morgan fingerprint density at radius 3 is 2.44 bits per heavy atom. The Morgan fingerprint density at radius 2 is 1.85 bits per heavy atom. The summed E-state index contributed by atoms with van der Waals surface area (Å²) in [7, 11) is 3.11. The van der Waals surface area contributed by atoms with Gasteiger partial charge in [0.05, 0.1) is 32.1 Å². The van der Waals surface area contributed by atoms with E-state index in [2.05, 4.69) is 0 Å². The SMILES string of the molecule is COc1ccc(OC)c2c1C=C1C(O)N(C(=O)OC(C)C)CC(=O)N1C2C. The molecule has 1 saturated heterocycles. The van der Waals surface area contributed by atoms with Crippen molar-refractivity contribution in [1.82, 2.24) is 9.80 Å². The molecule has 1 aromatic carbocycles. The van der Waals surface area contributed by atoms with E-state index in [0.717, 1.165) is 10.5 Å². The molecule has 8 heteroatoms. The fourth-order valence-electron chi connectivity index (χ4n) is 3.56. The van der Waals surface area contributed by atoms with Gasteiger partial charge in [0.1, 0.15) is 18.0 Å². The minimum atomic E-state index is -1.31. The Bertz CT molecular complexity index is 804. The predicted octanol–water partition coefficient (Wildman–Crippen LogP) is 2.13. The normalized spacial score (nSPS) is 21.4. The number of carbonyl (C=O) groups excluding carboxylic acids is 2. The number of benzene rings is 1. The molecule has 146 valence electrons. The first kappa shape index (κ1) is 19.0. The van der Waals surface area contributed by atoms with E-state index < -0.39 is 18.4 Å². The molecule has 27 heavy (non-hydrogen) atoms. The van der Waals surface area contributed by atoms with Crippen LogP contribution < -0.4 is 9.47 Å². The van der Waals surface area contributed by atoms with Gasteiger partial charge in [-0.3, -0.25) is 9.69 Å². The number of hydrogen-bond acceptors (Lipinski definition) is 6. The summed E-state index contributed by atoms with van der Waals surface area (Å²) < 4.78 is 16.0. The minimum absolute atomic E-state index is 0.268. The van der Waals surface area contributed by atoms with Crippen LogP contribution >= 0.6 is 0 Å². The van der Waals surface area contributed by atoms with Gasteiger partial charge in [0, 0.05) is 11.1 Å². The van der Waals surface area contributed by atoms with Gasteiger partial charge < -0.3 is 24.2 Å². The van der Waals surface area contributed by atoms with E-state index in [9.17, 15) is 14.7 Å². The highest BCUT2D eigenvalue weighted by Crippen LogP contribution is 2.45. The van der Waals surface area contributed by atoms with Crippen LogP contribution in [0.2, 0.25) is 0 Å². The average molecular weight is 376 g/mol. The summed E-state index contributed by atoms with van der Waals surface area (Å²) in [6.45, 7) is 4.99. The Morgan fingerprint density at radius 1 is 1.22 bits per heavy atom. The van der Waals surface area contributed by atoms with Crippen molar-refractivity contribution in [2.75, 3.05) is 20.8 Å². The molecular formula is C19H24N2O6. The maximum Gasteiger partial charge on any atom is 0.412 e. The van der Waals surface area contributed by atoms with E-state index in [1.165, 1.54) is 4.90 Å². The highest BCUT2D eigenvalue weighted by atomic mass is 16.6. The molecule has 8 nitrogen and oxygen atoms in total. The molecule has 1 aromatic rings. The molecule has 3 rings (SSSR count). The average Bonchev–Trinajstić information content (AvgIpc) is 2.62. The van der Waals surface area contributed by atoms with Crippen LogP contribution in [0.15, 0.2) is 17.8 Å². The number of rotatable bonds is 3. The third-order valence-corrected chi connectivity index (χ3v) is 4.73. The third-order valence-electron chi connectivity index (χ3n) is 4.73. The maximum absolute atomic E-state index is 12.8. The molecule has 2 amide bonds. The zero-order chi connectivity index (χ0) is 19.9. The molecule has 2 aliphatic rings. The summed E-state index contributed by atoms with van der Waals surface area (Å²) in [6, 6.07) is 3.15. The third kappa shape index (κ3) is 3.10. The van der Waals surface area contributed by atoms with Gasteiger partial charge in [0.15, 0.2) is 6.23 Å².